The predicted octanol–water partition coefficient (Wildman–Crippen LogP) is 2.70. The van der Waals surface area contributed by atoms with Crippen LogP contribution in [-0.4, -0.2) is 79.3 Å². The van der Waals surface area contributed by atoms with Gasteiger partial charge in [0.2, 0.25) is 17.6 Å². The average molecular weight is 700 g/mol. The number of nitrogens with zero attached hydrogens (tertiary/aromatic N) is 1. The van der Waals surface area contributed by atoms with E-state index in [4.69, 9.17) is 5.73 Å². The van der Waals surface area contributed by atoms with E-state index in [1.807, 2.05) is 19.9 Å². The fourth-order valence-electron chi connectivity index (χ4n) is 8.10. The molecule has 270 valence electrons. The second kappa shape index (κ2) is 14.8. The molecule has 1 heterocycles. The quantitative estimate of drug-likeness (QED) is 0.203. The molecular formula is C36H53N5O7S. The number of benzene rings is 1. The lowest BCUT2D eigenvalue weighted by Gasteiger charge is -2.37. The number of piperidine rings is 1. The number of ketones is 1. The van der Waals surface area contributed by atoms with Crippen LogP contribution in [0.3, 0.4) is 0 Å². The van der Waals surface area contributed by atoms with Gasteiger partial charge in [-0.3, -0.25) is 19.2 Å². The summed E-state index contributed by atoms with van der Waals surface area (Å²) in [6, 6.07) is 4.75. The number of amides is 5. The van der Waals surface area contributed by atoms with Crippen molar-refractivity contribution in [1.29, 1.82) is 0 Å². The molecule has 0 radical (unpaired) electrons. The molecule has 49 heavy (non-hydrogen) atoms. The Morgan fingerprint density at radius 3 is 2.18 bits per heavy atom. The van der Waals surface area contributed by atoms with Crippen LogP contribution in [0.1, 0.15) is 84.6 Å². The molecular weight excluding hydrogens is 646 g/mol. The highest BCUT2D eigenvalue weighted by atomic mass is 32.2. The highest BCUT2D eigenvalue weighted by Gasteiger charge is 2.69. The first-order valence-corrected chi connectivity index (χ1v) is 19.7. The van der Waals surface area contributed by atoms with E-state index in [0.29, 0.717) is 18.5 Å². The normalized spacial score (nSPS) is 25.1. The molecule has 5 rings (SSSR count). The second-order valence-corrected chi connectivity index (χ2v) is 17.9. The SMILES string of the molecule is CC(C)[C@@H](CS(=O)(=O)Cc1ccccc1)NC(=O)N[C@H](C(=O)N1CC2C([C@H]1C(=O)NC(CC1CC1)C(=O)C(N)=O)C2(C)C)C1CCCCC1. The minimum Gasteiger partial charge on any atom is -0.363 e. The zero-order valence-corrected chi connectivity index (χ0v) is 30.0. The third-order valence-electron chi connectivity index (χ3n) is 11.4. The van der Waals surface area contributed by atoms with Crippen LogP contribution in [0.5, 0.6) is 0 Å². The van der Waals surface area contributed by atoms with Crippen LogP contribution in [0, 0.1) is 35.0 Å². The molecule has 1 aromatic rings. The van der Waals surface area contributed by atoms with Crippen LogP contribution < -0.4 is 21.7 Å². The third-order valence-corrected chi connectivity index (χ3v) is 13.0. The van der Waals surface area contributed by atoms with Crippen molar-refractivity contribution >= 4 is 39.4 Å². The standard InChI is InChI=1S/C36H53N5O7S/c1-21(2)27(20-49(47,48)19-23-11-7-5-8-12-23)39-35(46)40-29(24-13-9-6-10-14-24)34(45)41-18-25-28(36(25,3)4)30(41)33(44)38-26(17-22-15-16-22)31(42)32(37)43/h5,7-8,11-12,21-22,24-30H,6,9-10,13-20H2,1-4H3,(H2,37,43)(H,38,44)(H2,39,40,46)/t25?,26?,27-,28?,29+,30+/m1/s1. The van der Waals surface area contributed by atoms with Crippen LogP contribution in [-0.2, 0) is 34.8 Å². The molecule has 4 aliphatic rings. The molecule has 0 spiro atoms. The van der Waals surface area contributed by atoms with Gasteiger partial charge in [-0.25, -0.2) is 13.2 Å². The second-order valence-electron chi connectivity index (χ2n) is 15.7. The summed E-state index contributed by atoms with van der Waals surface area (Å²) in [5.74, 6) is -3.37. The number of nitrogens with one attached hydrogen (secondary N) is 3. The maximum atomic E-state index is 14.5. The van der Waals surface area contributed by atoms with Gasteiger partial charge in [0.05, 0.1) is 17.5 Å². The molecule has 3 saturated carbocycles. The predicted molar refractivity (Wildman–Crippen MR) is 184 cm³/mol. The maximum Gasteiger partial charge on any atom is 0.315 e. The van der Waals surface area contributed by atoms with Crippen molar-refractivity contribution in [2.24, 2.45) is 40.7 Å². The van der Waals surface area contributed by atoms with E-state index in [1.54, 1.807) is 29.2 Å². The molecule has 5 N–H and O–H groups in total. The zero-order chi connectivity index (χ0) is 35.7. The zero-order valence-electron chi connectivity index (χ0n) is 29.2. The van der Waals surface area contributed by atoms with Gasteiger partial charge in [-0.1, -0.05) is 90.1 Å². The lowest BCUT2D eigenvalue weighted by molar-refractivity contribution is -0.144. The smallest absolute Gasteiger partial charge is 0.315 e. The van der Waals surface area contributed by atoms with Crippen molar-refractivity contribution in [3.63, 3.8) is 0 Å². The molecule has 6 atom stereocenters. The first kappa shape index (κ1) is 36.8. The minimum atomic E-state index is -3.57. The van der Waals surface area contributed by atoms with Gasteiger partial charge in [-0.15, -0.1) is 0 Å². The summed E-state index contributed by atoms with van der Waals surface area (Å²) in [5.41, 5.74) is 5.79. The van der Waals surface area contributed by atoms with E-state index in [-0.39, 0.29) is 52.4 Å². The van der Waals surface area contributed by atoms with E-state index in [2.05, 4.69) is 29.8 Å². The van der Waals surface area contributed by atoms with Crippen LogP contribution in [0.4, 0.5) is 4.79 Å². The summed E-state index contributed by atoms with van der Waals surface area (Å²) < 4.78 is 26.3. The van der Waals surface area contributed by atoms with Gasteiger partial charge in [0.25, 0.3) is 5.91 Å². The number of primary amides is 1. The van der Waals surface area contributed by atoms with Crippen LogP contribution in [0.15, 0.2) is 30.3 Å². The number of carbonyl (C=O) groups excluding carboxylic acids is 5. The molecule has 0 aromatic heterocycles. The maximum absolute atomic E-state index is 14.5. The van der Waals surface area contributed by atoms with E-state index in [0.717, 1.165) is 44.9 Å². The summed E-state index contributed by atoms with van der Waals surface area (Å²) in [4.78, 5) is 68.1. The Kier molecular flexibility index (Phi) is 11.1. The molecule has 3 aliphatic carbocycles. The van der Waals surface area contributed by atoms with E-state index in [9.17, 15) is 32.4 Å². The number of likely N-dealkylation sites (tertiary alicyclic amines) is 1. The largest absolute Gasteiger partial charge is 0.363 e. The number of rotatable bonds is 15. The van der Waals surface area contributed by atoms with Crippen molar-refractivity contribution in [3.8, 4) is 0 Å². The molecule has 1 aliphatic heterocycles. The van der Waals surface area contributed by atoms with Gasteiger partial charge < -0.3 is 26.6 Å². The minimum absolute atomic E-state index is 0.0712. The summed E-state index contributed by atoms with van der Waals surface area (Å²) in [7, 11) is -3.57. The van der Waals surface area contributed by atoms with Gasteiger partial charge in [-0.2, -0.15) is 0 Å². The first-order valence-electron chi connectivity index (χ1n) is 17.8. The number of Topliss-reactive ketones (excluding diaryl/α,β-unsaturated/α-hetero) is 1. The fraction of sp³-hybridized carbons (Fsp3) is 0.694. The Morgan fingerprint density at radius 2 is 1.59 bits per heavy atom. The highest BCUT2D eigenvalue weighted by molar-refractivity contribution is 7.90. The molecule has 3 unspecified atom stereocenters. The van der Waals surface area contributed by atoms with Gasteiger partial charge >= 0.3 is 6.03 Å². The van der Waals surface area contributed by atoms with Crippen molar-refractivity contribution in [3.05, 3.63) is 35.9 Å². The first-order chi connectivity index (χ1) is 23.1. The van der Waals surface area contributed by atoms with E-state index < -0.39 is 57.6 Å². The third kappa shape index (κ3) is 8.82. The summed E-state index contributed by atoms with van der Waals surface area (Å²) in [5, 5.41) is 8.56. The Hall–Kier alpha value is -3.48. The van der Waals surface area contributed by atoms with Crippen molar-refractivity contribution < 1.29 is 32.4 Å². The molecule has 5 amide bonds. The Bertz CT molecular complexity index is 1520. The topological polar surface area (TPSA) is 185 Å². The van der Waals surface area contributed by atoms with Crippen LogP contribution in [0.2, 0.25) is 0 Å². The van der Waals surface area contributed by atoms with E-state index >= 15 is 0 Å². The fourth-order valence-corrected chi connectivity index (χ4v) is 9.93. The molecule has 0 bridgehead atoms. The number of carbonyl (C=O) groups is 5. The molecule has 13 heteroatoms. The summed E-state index contributed by atoms with van der Waals surface area (Å²) in [6.07, 6.45) is 6.46. The molecule has 1 aromatic carbocycles. The summed E-state index contributed by atoms with van der Waals surface area (Å²) >= 11 is 0. The van der Waals surface area contributed by atoms with Crippen molar-refractivity contribution in [1.82, 2.24) is 20.9 Å². The number of hydrogen-bond donors (Lipinski definition) is 4. The van der Waals surface area contributed by atoms with Crippen LogP contribution >= 0.6 is 0 Å². The lowest BCUT2D eigenvalue weighted by Crippen LogP contribution is -2.61. The van der Waals surface area contributed by atoms with Gasteiger partial charge in [0, 0.05) is 12.6 Å². The number of fused-ring (bicyclic) bond motifs is 1. The van der Waals surface area contributed by atoms with Gasteiger partial charge in [0.15, 0.2) is 9.84 Å². The Morgan fingerprint density at radius 1 is 0.939 bits per heavy atom. The van der Waals surface area contributed by atoms with E-state index in [1.165, 1.54) is 0 Å². The highest BCUT2D eigenvalue weighted by Crippen LogP contribution is 2.65. The van der Waals surface area contributed by atoms with Crippen molar-refractivity contribution in [2.45, 2.75) is 109 Å². The van der Waals surface area contributed by atoms with Gasteiger partial charge in [-0.05, 0) is 59.8 Å². The number of nitrogens with two attached hydrogens (primary N) is 1. The molecule has 12 nitrogen and oxygen atoms in total. The average Bonchev–Trinajstić information content (AvgIpc) is 3.90. The van der Waals surface area contributed by atoms with Gasteiger partial charge in [0.1, 0.15) is 12.1 Å². The summed E-state index contributed by atoms with van der Waals surface area (Å²) in [6.45, 7) is 8.14. The number of hydrogen-bond acceptors (Lipinski definition) is 7. The molecule has 1 saturated heterocycles. The van der Waals surface area contributed by atoms with Crippen LogP contribution in [0.25, 0.3) is 0 Å². The Balaban J connectivity index is 1.32. The lowest BCUT2D eigenvalue weighted by atomic mass is 9.83. The van der Waals surface area contributed by atoms with Crippen molar-refractivity contribution in [2.75, 3.05) is 12.3 Å². The number of urea groups is 1. The number of sulfone groups is 1. The monoisotopic (exact) mass is 699 g/mol. The Labute approximate surface area is 290 Å². The molecule has 4 fully saturated rings.